The number of rotatable bonds is 1. The monoisotopic (exact) mass is 223 g/mol. The van der Waals surface area contributed by atoms with E-state index in [4.69, 9.17) is 5.73 Å². The van der Waals surface area contributed by atoms with E-state index in [2.05, 4.69) is 9.97 Å². The Kier molecular flexibility index (Phi) is 2.01. The summed E-state index contributed by atoms with van der Waals surface area (Å²) in [6.07, 6.45) is 3.10. The van der Waals surface area contributed by atoms with Crippen LogP contribution in [0.15, 0.2) is 42.7 Å². The third-order valence-corrected chi connectivity index (χ3v) is 2.73. The number of hydrogen-bond acceptors (Lipinski definition) is 3. The molecule has 0 saturated carbocycles. The van der Waals surface area contributed by atoms with Crippen LogP contribution in [0.1, 0.15) is 10.4 Å². The first-order chi connectivity index (χ1) is 8.27. The molecule has 0 radical (unpaired) electrons. The van der Waals surface area contributed by atoms with Gasteiger partial charge in [0.25, 0.3) is 5.91 Å². The van der Waals surface area contributed by atoms with Gasteiger partial charge in [-0.15, -0.1) is 0 Å². The molecule has 82 valence electrons. The summed E-state index contributed by atoms with van der Waals surface area (Å²) in [7, 11) is 0. The van der Waals surface area contributed by atoms with Crippen molar-refractivity contribution in [3.05, 3.63) is 48.3 Å². The number of nitrogens with zero attached hydrogens (tertiary/aromatic N) is 2. The van der Waals surface area contributed by atoms with Crippen molar-refractivity contribution < 1.29 is 4.79 Å². The van der Waals surface area contributed by atoms with E-state index in [1.165, 1.54) is 6.20 Å². The second kappa shape index (κ2) is 3.52. The number of para-hydroxylation sites is 1. The van der Waals surface area contributed by atoms with Crippen LogP contribution in [0, 0.1) is 0 Å². The van der Waals surface area contributed by atoms with Crippen molar-refractivity contribution in [1.82, 2.24) is 9.97 Å². The largest absolute Gasteiger partial charge is 0.365 e. The van der Waals surface area contributed by atoms with Crippen LogP contribution in [0.4, 0.5) is 0 Å². The summed E-state index contributed by atoms with van der Waals surface area (Å²) in [4.78, 5) is 19.8. The minimum atomic E-state index is -0.512. The van der Waals surface area contributed by atoms with Gasteiger partial charge in [-0.25, -0.2) is 4.98 Å². The van der Waals surface area contributed by atoms with Gasteiger partial charge in [0.15, 0.2) is 0 Å². The number of fused-ring (bicyclic) bond motifs is 3. The molecule has 0 unspecified atom stereocenters. The molecule has 0 spiro atoms. The summed E-state index contributed by atoms with van der Waals surface area (Å²) < 4.78 is 0. The van der Waals surface area contributed by atoms with E-state index in [0.29, 0.717) is 11.3 Å². The predicted octanol–water partition coefficient (Wildman–Crippen LogP) is 1.83. The summed E-state index contributed by atoms with van der Waals surface area (Å²) >= 11 is 0. The van der Waals surface area contributed by atoms with Crippen molar-refractivity contribution in [3.63, 3.8) is 0 Å². The molecule has 1 aromatic rings. The fourth-order valence-electron chi connectivity index (χ4n) is 1.96. The van der Waals surface area contributed by atoms with E-state index >= 15 is 0 Å². The zero-order valence-electron chi connectivity index (χ0n) is 8.92. The summed E-state index contributed by atoms with van der Waals surface area (Å²) in [5, 5.41) is 1.00. The molecule has 4 heteroatoms. The maximum absolute atomic E-state index is 11.4. The molecule has 2 heterocycles. The summed E-state index contributed by atoms with van der Waals surface area (Å²) in [5.41, 5.74) is 8.05. The average molecular weight is 223 g/mol. The number of primary amides is 1. The van der Waals surface area contributed by atoms with Crippen molar-refractivity contribution in [1.29, 1.82) is 0 Å². The predicted molar refractivity (Wildman–Crippen MR) is 64.7 cm³/mol. The number of carbonyl (C=O) groups is 1. The summed E-state index contributed by atoms with van der Waals surface area (Å²) in [6, 6.07) is 9.57. The lowest BCUT2D eigenvalue weighted by molar-refractivity contribution is 0.100. The molecule has 2 N–H and O–H groups in total. The molecule has 2 aliphatic heterocycles. The molecule has 0 fully saturated rings. The van der Waals surface area contributed by atoms with E-state index in [1.54, 1.807) is 6.20 Å². The number of hydrogen-bond donors (Lipinski definition) is 1. The van der Waals surface area contributed by atoms with Gasteiger partial charge < -0.3 is 5.73 Å². The maximum Gasteiger partial charge on any atom is 0.252 e. The van der Waals surface area contributed by atoms with Crippen LogP contribution in [0.25, 0.3) is 22.2 Å². The molecule has 0 aromatic heterocycles. The molecule has 0 atom stereocenters. The van der Waals surface area contributed by atoms with Crippen molar-refractivity contribution in [2.75, 3.05) is 0 Å². The minimum Gasteiger partial charge on any atom is -0.365 e. The Morgan fingerprint density at radius 2 is 2.00 bits per heavy atom. The van der Waals surface area contributed by atoms with Crippen LogP contribution < -0.4 is 5.73 Å². The van der Waals surface area contributed by atoms with E-state index in [0.717, 1.165) is 16.5 Å². The Morgan fingerprint density at radius 3 is 2.82 bits per heavy atom. The molecule has 1 aromatic carbocycles. The second-order valence-electron chi connectivity index (χ2n) is 3.76. The van der Waals surface area contributed by atoms with E-state index in [-0.39, 0.29) is 0 Å². The Morgan fingerprint density at radius 1 is 1.18 bits per heavy atom. The van der Waals surface area contributed by atoms with Crippen molar-refractivity contribution in [2.45, 2.75) is 0 Å². The van der Waals surface area contributed by atoms with Crippen molar-refractivity contribution in [3.8, 4) is 11.3 Å². The third-order valence-electron chi connectivity index (χ3n) is 2.73. The van der Waals surface area contributed by atoms with Gasteiger partial charge in [-0.2, -0.15) is 0 Å². The highest BCUT2D eigenvalue weighted by Gasteiger charge is 2.16. The maximum atomic E-state index is 11.4. The van der Waals surface area contributed by atoms with Gasteiger partial charge in [0.2, 0.25) is 0 Å². The van der Waals surface area contributed by atoms with Gasteiger partial charge >= 0.3 is 0 Å². The third kappa shape index (κ3) is 1.42. The Hall–Kier alpha value is -2.49. The first kappa shape index (κ1) is 9.72. The lowest BCUT2D eigenvalue weighted by Crippen LogP contribution is -2.11. The molecule has 2 aliphatic rings. The fraction of sp³-hybridized carbons (Fsp3) is 0. The van der Waals surface area contributed by atoms with Gasteiger partial charge in [-0.1, -0.05) is 18.2 Å². The molecular formula is C13H9N3O. The zero-order chi connectivity index (χ0) is 11.8. The minimum absolute atomic E-state index is 0.348. The van der Waals surface area contributed by atoms with Gasteiger partial charge in [-0.3, -0.25) is 9.78 Å². The van der Waals surface area contributed by atoms with E-state index < -0.39 is 5.91 Å². The Balaban J connectivity index is 2.47. The van der Waals surface area contributed by atoms with E-state index in [1.807, 2.05) is 30.3 Å². The zero-order valence-corrected chi connectivity index (χ0v) is 8.92. The van der Waals surface area contributed by atoms with Crippen molar-refractivity contribution in [2.24, 2.45) is 5.73 Å². The molecule has 4 nitrogen and oxygen atoms in total. The smallest absolute Gasteiger partial charge is 0.252 e. The highest BCUT2D eigenvalue weighted by molar-refractivity contribution is 6.05. The van der Waals surface area contributed by atoms with Crippen LogP contribution in [-0.2, 0) is 0 Å². The Labute approximate surface area is 97.5 Å². The van der Waals surface area contributed by atoms with Crippen LogP contribution in [-0.4, -0.2) is 15.9 Å². The summed E-state index contributed by atoms with van der Waals surface area (Å²) in [6.45, 7) is 0. The van der Waals surface area contributed by atoms with Crippen LogP contribution in [0.2, 0.25) is 0 Å². The molecule has 0 aliphatic carbocycles. The average Bonchev–Trinajstić information content (AvgIpc) is 2.54. The number of nitrogens with two attached hydrogens (primary N) is 1. The first-order valence-electron chi connectivity index (χ1n) is 5.19. The fourth-order valence-corrected chi connectivity index (χ4v) is 1.96. The van der Waals surface area contributed by atoms with Crippen LogP contribution in [0.3, 0.4) is 0 Å². The standard InChI is InChI=1S/C13H9N3O/c14-13(17)10-7-15-6-5-9-8-3-1-2-4-11(8)16-12(9)10/h1-7H,(H2,14,17). The Bertz CT molecular complexity index is 693. The lowest BCUT2D eigenvalue weighted by Gasteiger charge is -1.95. The van der Waals surface area contributed by atoms with Crippen molar-refractivity contribution >= 4 is 16.8 Å². The second-order valence-corrected chi connectivity index (χ2v) is 3.76. The van der Waals surface area contributed by atoms with Gasteiger partial charge in [0.1, 0.15) is 0 Å². The molecule has 1 amide bonds. The highest BCUT2D eigenvalue weighted by Crippen LogP contribution is 2.31. The molecule has 3 rings (SSSR count). The van der Waals surface area contributed by atoms with Gasteiger partial charge in [0.05, 0.1) is 16.8 Å². The van der Waals surface area contributed by atoms with E-state index in [9.17, 15) is 4.79 Å². The molecule has 17 heavy (non-hydrogen) atoms. The number of benzene rings is 1. The summed E-state index contributed by atoms with van der Waals surface area (Å²) in [5.74, 6) is -0.512. The van der Waals surface area contributed by atoms with Gasteiger partial charge in [-0.05, 0) is 12.1 Å². The number of carbonyl (C=O) groups excluding carboxylic acids is 1. The van der Waals surface area contributed by atoms with Crippen LogP contribution >= 0.6 is 0 Å². The number of amides is 1. The van der Waals surface area contributed by atoms with Crippen LogP contribution in [0.5, 0.6) is 0 Å². The highest BCUT2D eigenvalue weighted by atomic mass is 16.1. The molecular weight excluding hydrogens is 214 g/mol. The molecule has 0 bridgehead atoms. The quantitative estimate of drug-likeness (QED) is 0.684. The lowest BCUT2D eigenvalue weighted by atomic mass is 10.1. The topological polar surface area (TPSA) is 68.9 Å². The first-order valence-corrected chi connectivity index (χ1v) is 5.19. The molecule has 0 saturated heterocycles. The normalized spacial score (nSPS) is 10.8. The van der Waals surface area contributed by atoms with Gasteiger partial charge in [0, 0.05) is 23.3 Å². The number of aromatic nitrogens is 2. The SMILES string of the molecule is NC(=O)c1cnccc2c3ccccc3nc1-2.